The van der Waals surface area contributed by atoms with Gasteiger partial charge in [-0.15, -0.1) is 0 Å². The quantitative estimate of drug-likeness (QED) is 0.905. The third-order valence-corrected chi connectivity index (χ3v) is 3.98. The van der Waals surface area contributed by atoms with E-state index in [4.69, 9.17) is 0 Å². The molecular formula is C18H23NO3. The van der Waals surface area contributed by atoms with Crippen molar-refractivity contribution in [1.29, 1.82) is 0 Å². The summed E-state index contributed by atoms with van der Waals surface area (Å²) >= 11 is 0. The molecule has 4 nitrogen and oxygen atoms in total. The Balaban J connectivity index is 2.44. The number of hydrogen-bond donors (Lipinski definition) is 1. The summed E-state index contributed by atoms with van der Waals surface area (Å²) in [5.74, 6) is -1.27. The summed E-state index contributed by atoms with van der Waals surface area (Å²) in [6.45, 7) is 2.73. The summed E-state index contributed by atoms with van der Waals surface area (Å²) in [5.41, 5.74) is 1.64. The minimum atomic E-state index is -0.821. The molecule has 1 aliphatic heterocycles. The van der Waals surface area contributed by atoms with Gasteiger partial charge in [0.25, 0.3) is 0 Å². The highest BCUT2D eigenvalue weighted by Crippen LogP contribution is 2.27. The molecule has 0 fully saturated rings. The molecule has 22 heavy (non-hydrogen) atoms. The number of carbonyl (C=O) groups excluding carboxylic acids is 1. The Hall–Kier alpha value is -2.10. The number of carboxylic acids is 1. The van der Waals surface area contributed by atoms with Crippen LogP contribution in [0.25, 0.3) is 5.70 Å². The number of unbranched alkanes of at least 4 members (excludes halogenated alkanes) is 1. The maximum atomic E-state index is 12.5. The number of rotatable bonds is 5. The van der Waals surface area contributed by atoms with Crippen LogP contribution in [-0.2, 0) is 9.59 Å². The molecule has 0 saturated carbocycles. The fraction of sp³-hybridized carbons (Fsp3) is 0.444. The van der Waals surface area contributed by atoms with Crippen molar-refractivity contribution in [2.45, 2.75) is 39.0 Å². The second-order valence-electron chi connectivity index (χ2n) is 5.65. The fourth-order valence-corrected chi connectivity index (χ4v) is 2.72. The summed E-state index contributed by atoms with van der Waals surface area (Å²) < 4.78 is 0. The highest BCUT2D eigenvalue weighted by atomic mass is 16.4. The lowest BCUT2D eigenvalue weighted by Gasteiger charge is -2.29. The minimum absolute atomic E-state index is 0.0902. The lowest BCUT2D eigenvalue weighted by molar-refractivity contribution is -0.140. The third-order valence-electron chi connectivity index (χ3n) is 3.98. The van der Waals surface area contributed by atoms with E-state index < -0.39 is 11.9 Å². The van der Waals surface area contributed by atoms with E-state index >= 15 is 0 Å². The van der Waals surface area contributed by atoms with Crippen LogP contribution >= 0.6 is 0 Å². The summed E-state index contributed by atoms with van der Waals surface area (Å²) in [5, 5.41) is 9.40. The zero-order chi connectivity index (χ0) is 15.9. The number of aliphatic carboxylic acids is 1. The van der Waals surface area contributed by atoms with Crippen molar-refractivity contribution in [2.75, 3.05) is 6.54 Å². The summed E-state index contributed by atoms with van der Waals surface area (Å²) in [4.78, 5) is 25.7. The molecule has 1 amide bonds. The van der Waals surface area contributed by atoms with Crippen molar-refractivity contribution in [3.8, 4) is 0 Å². The van der Waals surface area contributed by atoms with Crippen molar-refractivity contribution in [3.63, 3.8) is 0 Å². The van der Waals surface area contributed by atoms with Crippen LogP contribution in [0.4, 0.5) is 0 Å². The molecule has 1 N–H and O–H groups in total. The minimum Gasteiger partial charge on any atom is -0.481 e. The monoisotopic (exact) mass is 301 g/mol. The maximum Gasteiger partial charge on any atom is 0.310 e. The van der Waals surface area contributed by atoms with E-state index in [2.05, 4.69) is 6.92 Å². The smallest absolute Gasteiger partial charge is 0.310 e. The summed E-state index contributed by atoms with van der Waals surface area (Å²) in [6, 6.07) is 9.59. The van der Waals surface area contributed by atoms with Crippen molar-refractivity contribution < 1.29 is 14.7 Å². The van der Waals surface area contributed by atoms with Crippen LogP contribution in [-0.4, -0.2) is 28.4 Å². The molecule has 0 saturated heterocycles. The van der Waals surface area contributed by atoms with Gasteiger partial charge in [0.15, 0.2) is 0 Å². The van der Waals surface area contributed by atoms with Crippen LogP contribution < -0.4 is 0 Å². The number of hydrogen-bond acceptors (Lipinski definition) is 2. The van der Waals surface area contributed by atoms with E-state index in [1.807, 2.05) is 30.3 Å². The Labute approximate surface area is 131 Å². The topological polar surface area (TPSA) is 57.6 Å². The molecule has 0 spiro atoms. The van der Waals surface area contributed by atoms with Gasteiger partial charge >= 0.3 is 5.97 Å². The van der Waals surface area contributed by atoms with Crippen LogP contribution in [0.5, 0.6) is 0 Å². The van der Waals surface area contributed by atoms with Gasteiger partial charge in [-0.05, 0) is 30.9 Å². The van der Waals surface area contributed by atoms with Crippen LogP contribution in [0.2, 0.25) is 0 Å². The molecule has 0 aliphatic carbocycles. The number of carboxylic acid groups (broad SMARTS) is 1. The first-order valence-electron chi connectivity index (χ1n) is 7.94. The van der Waals surface area contributed by atoms with E-state index in [-0.39, 0.29) is 5.91 Å². The molecule has 2 rings (SSSR count). The Morgan fingerprint density at radius 2 is 2.05 bits per heavy atom. The summed E-state index contributed by atoms with van der Waals surface area (Å²) in [7, 11) is 0. The van der Waals surface area contributed by atoms with Gasteiger partial charge in [0.2, 0.25) is 5.91 Å². The number of carbonyl (C=O) groups is 2. The van der Waals surface area contributed by atoms with Gasteiger partial charge < -0.3 is 10.0 Å². The molecule has 1 aromatic rings. The van der Waals surface area contributed by atoms with E-state index in [0.717, 1.165) is 24.1 Å². The molecule has 0 radical (unpaired) electrons. The molecule has 0 aromatic heterocycles. The van der Waals surface area contributed by atoms with Gasteiger partial charge in [-0.1, -0.05) is 43.7 Å². The third kappa shape index (κ3) is 3.97. The lowest BCUT2D eigenvalue weighted by Crippen LogP contribution is -2.32. The Morgan fingerprint density at radius 3 is 2.68 bits per heavy atom. The fourth-order valence-electron chi connectivity index (χ4n) is 2.72. The second-order valence-corrected chi connectivity index (χ2v) is 5.65. The molecule has 1 unspecified atom stereocenters. The lowest BCUT2D eigenvalue weighted by atomic mass is 9.95. The Bertz CT molecular complexity index is 551. The van der Waals surface area contributed by atoms with Gasteiger partial charge in [0.1, 0.15) is 0 Å². The zero-order valence-corrected chi connectivity index (χ0v) is 13.0. The van der Waals surface area contributed by atoms with Gasteiger partial charge in [0.05, 0.1) is 5.92 Å². The van der Waals surface area contributed by atoms with Crippen molar-refractivity contribution in [1.82, 2.24) is 4.90 Å². The Morgan fingerprint density at radius 1 is 1.32 bits per heavy atom. The van der Waals surface area contributed by atoms with Crippen molar-refractivity contribution >= 4 is 17.6 Å². The first-order valence-corrected chi connectivity index (χ1v) is 7.94. The number of nitrogens with zero attached hydrogens (tertiary/aromatic N) is 1. The van der Waals surface area contributed by atoms with Crippen LogP contribution in [0.3, 0.4) is 0 Å². The van der Waals surface area contributed by atoms with E-state index in [1.165, 1.54) is 0 Å². The molecule has 4 heteroatoms. The highest BCUT2D eigenvalue weighted by molar-refractivity contribution is 5.88. The Kier molecular flexibility index (Phi) is 5.75. The molecule has 1 heterocycles. The predicted octanol–water partition coefficient (Wildman–Crippen LogP) is 3.54. The average Bonchev–Trinajstić information content (AvgIpc) is 2.51. The molecule has 1 aliphatic rings. The van der Waals surface area contributed by atoms with Crippen molar-refractivity contribution in [2.24, 2.45) is 5.92 Å². The first kappa shape index (κ1) is 16.3. The normalized spacial score (nSPS) is 21.7. The van der Waals surface area contributed by atoms with Crippen LogP contribution in [0, 0.1) is 5.92 Å². The molecule has 1 aromatic carbocycles. The van der Waals surface area contributed by atoms with E-state index in [0.29, 0.717) is 25.8 Å². The van der Waals surface area contributed by atoms with Crippen LogP contribution in [0.15, 0.2) is 36.4 Å². The van der Waals surface area contributed by atoms with E-state index in [9.17, 15) is 14.7 Å². The zero-order valence-electron chi connectivity index (χ0n) is 13.0. The second kappa shape index (κ2) is 7.78. The maximum absolute atomic E-state index is 12.5. The standard InChI is InChI=1S/C18H23NO3/c1-2-3-12-19-16(14-8-5-4-6-9-14)13-15(18(21)22)10-7-11-17(19)20/h4-6,8-9,13,15H,2-3,7,10-12H2,1H3,(H,21,22)/b16-13-. The molecule has 0 bridgehead atoms. The average molecular weight is 301 g/mol. The summed E-state index contributed by atoms with van der Waals surface area (Å²) in [6.07, 6.45) is 5.21. The SMILES string of the molecule is CCCCN1C(=O)CCCC(C(=O)O)/C=C\1c1ccccc1. The van der Waals surface area contributed by atoms with Gasteiger partial charge in [-0.3, -0.25) is 9.59 Å². The van der Waals surface area contributed by atoms with E-state index in [1.54, 1.807) is 11.0 Å². The van der Waals surface area contributed by atoms with Gasteiger partial charge in [-0.2, -0.15) is 0 Å². The molecule has 1 atom stereocenters. The number of benzene rings is 1. The molecule has 118 valence electrons. The van der Waals surface area contributed by atoms with Crippen molar-refractivity contribution in [3.05, 3.63) is 42.0 Å². The van der Waals surface area contributed by atoms with Gasteiger partial charge in [0, 0.05) is 18.7 Å². The molecular weight excluding hydrogens is 278 g/mol. The first-order chi connectivity index (χ1) is 10.6. The predicted molar refractivity (Wildman–Crippen MR) is 86.0 cm³/mol. The van der Waals surface area contributed by atoms with Gasteiger partial charge in [-0.25, -0.2) is 0 Å². The van der Waals surface area contributed by atoms with Crippen LogP contribution in [0.1, 0.15) is 44.6 Å². The largest absolute Gasteiger partial charge is 0.481 e. The highest BCUT2D eigenvalue weighted by Gasteiger charge is 2.25. The number of amides is 1.